The molecule has 17 heavy (non-hydrogen) atoms. The Kier molecular flexibility index (Phi) is 3.72. The Morgan fingerprint density at radius 1 is 1.29 bits per heavy atom. The molecule has 0 aliphatic heterocycles. The van der Waals surface area contributed by atoms with Gasteiger partial charge >= 0.3 is 0 Å². The lowest BCUT2D eigenvalue weighted by molar-refractivity contribution is 0.0973. The Morgan fingerprint density at radius 2 is 1.88 bits per heavy atom. The molecule has 1 aliphatic carbocycles. The number of halogens is 1. The summed E-state index contributed by atoms with van der Waals surface area (Å²) in [5.41, 5.74) is 0.0454. The fourth-order valence-electron chi connectivity index (χ4n) is 1.95. The molecule has 0 amide bonds. The maximum Gasteiger partial charge on any atom is 0.170 e. The molecule has 1 fully saturated rings. The number of rotatable bonds is 5. The molecule has 1 aromatic carbocycles. The average Bonchev–Trinajstić information content (AvgIpc) is 2.99. The number of carbonyl (C=O) groups is 1. The molecule has 0 spiro atoms. The van der Waals surface area contributed by atoms with Crippen LogP contribution in [0.4, 0.5) is 0 Å². The van der Waals surface area contributed by atoms with Crippen LogP contribution in [0.25, 0.3) is 0 Å². The third-order valence-corrected chi connectivity index (χ3v) is 3.51. The monoisotopic (exact) mass is 298 g/mol. The highest BCUT2D eigenvalue weighted by Crippen LogP contribution is 2.35. The minimum Gasteiger partial charge on any atom is -0.507 e. The van der Waals surface area contributed by atoms with Crippen LogP contribution >= 0.6 is 15.9 Å². The van der Waals surface area contributed by atoms with Crippen molar-refractivity contribution in [3.63, 3.8) is 0 Å². The van der Waals surface area contributed by atoms with E-state index in [1.54, 1.807) is 0 Å². The summed E-state index contributed by atoms with van der Waals surface area (Å²) in [7, 11) is 0. The summed E-state index contributed by atoms with van der Waals surface area (Å²) >= 11 is 3.14. The first-order valence-corrected chi connectivity index (χ1v) is 6.62. The van der Waals surface area contributed by atoms with E-state index >= 15 is 0 Å². The van der Waals surface area contributed by atoms with Gasteiger partial charge in [-0.05, 0) is 24.5 Å². The summed E-state index contributed by atoms with van der Waals surface area (Å²) in [5.74, 6) is 0.296. The van der Waals surface area contributed by atoms with Crippen LogP contribution in [0.1, 0.15) is 42.5 Å². The van der Waals surface area contributed by atoms with Gasteiger partial charge in [-0.3, -0.25) is 4.79 Å². The number of hydrogen-bond acceptors (Lipinski definition) is 3. The molecule has 0 unspecified atom stereocenters. The van der Waals surface area contributed by atoms with Crippen molar-refractivity contribution < 1.29 is 15.0 Å². The Labute approximate surface area is 109 Å². The summed E-state index contributed by atoms with van der Waals surface area (Å²) in [5, 5.41) is 19.3. The molecule has 0 bridgehead atoms. The fourth-order valence-corrected chi connectivity index (χ4v) is 2.38. The van der Waals surface area contributed by atoms with Crippen LogP contribution in [0.5, 0.6) is 11.5 Å². The predicted molar refractivity (Wildman–Crippen MR) is 68.4 cm³/mol. The fraction of sp³-hybridized carbons (Fsp3) is 0.462. The second kappa shape index (κ2) is 5.08. The number of phenols is 2. The Hall–Kier alpha value is -1.03. The van der Waals surface area contributed by atoms with Gasteiger partial charge in [-0.25, -0.2) is 0 Å². The third kappa shape index (κ3) is 3.22. The molecule has 4 heteroatoms. The van der Waals surface area contributed by atoms with E-state index in [2.05, 4.69) is 15.9 Å². The van der Waals surface area contributed by atoms with Crippen LogP contribution in [0.3, 0.4) is 0 Å². The molecule has 0 saturated heterocycles. The molecule has 0 aromatic heterocycles. The quantitative estimate of drug-likeness (QED) is 0.816. The number of phenolic OH excluding ortho intramolecular Hbond substituents is 2. The van der Waals surface area contributed by atoms with Crippen LogP contribution in [-0.2, 0) is 0 Å². The van der Waals surface area contributed by atoms with E-state index < -0.39 is 0 Å². The Morgan fingerprint density at radius 3 is 2.41 bits per heavy atom. The van der Waals surface area contributed by atoms with Crippen LogP contribution in [0.15, 0.2) is 16.6 Å². The summed E-state index contributed by atoms with van der Waals surface area (Å²) in [6.07, 6.45) is 4.85. The Balaban J connectivity index is 2.01. The zero-order chi connectivity index (χ0) is 12.4. The molecule has 1 saturated carbocycles. The average molecular weight is 299 g/mol. The number of aromatic hydroxyl groups is 2. The summed E-state index contributed by atoms with van der Waals surface area (Å²) < 4.78 is 0.557. The maximum absolute atomic E-state index is 11.9. The van der Waals surface area contributed by atoms with E-state index in [-0.39, 0.29) is 22.8 Å². The molecule has 2 N–H and O–H groups in total. The largest absolute Gasteiger partial charge is 0.507 e. The van der Waals surface area contributed by atoms with E-state index in [0.29, 0.717) is 10.9 Å². The SMILES string of the molecule is O=C(CCCC1CC1)c1c(O)cc(Br)cc1O. The van der Waals surface area contributed by atoms with Gasteiger partial charge in [0.1, 0.15) is 17.1 Å². The van der Waals surface area contributed by atoms with Gasteiger partial charge < -0.3 is 10.2 Å². The summed E-state index contributed by atoms with van der Waals surface area (Å²) in [6, 6.07) is 2.85. The van der Waals surface area contributed by atoms with Crippen molar-refractivity contribution in [3.05, 3.63) is 22.2 Å². The second-order valence-corrected chi connectivity index (χ2v) is 5.49. The van der Waals surface area contributed by atoms with Crippen molar-refractivity contribution in [2.45, 2.75) is 32.1 Å². The number of Topliss-reactive ketones (excluding diaryl/α,β-unsaturated/α-hetero) is 1. The first-order valence-electron chi connectivity index (χ1n) is 5.82. The lowest BCUT2D eigenvalue weighted by atomic mass is 10.0. The van der Waals surface area contributed by atoms with E-state index in [9.17, 15) is 15.0 Å². The highest BCUT2D eigenvalue weighted by atomic mass is 79.9. The maximum atomic E-state index is 11.9. The molecular formula is C13H15BrO3. The van der Waals surface area contributed by atoms with Gasteiger partial charge in [0.05, 0.1) is 0 Å². The standard InChI is InChI=1S/C13H15BrO3/c14-9-6-11(16)13(12(17)7-9)10(15)3-1-2-8-4-5-8/h6-8,16-17H,1-5H2. The van der Waals surface area contributed by atoms with Crippen molar-refractivity contribution in [1.82, 2.24) is 0 Å². The molecule has 3 nitrogen and oxygen atoms in total. The smallest absolute Gasteiger partial charge is 0.170 e. The molecule has 0 heterocycles. The number of ketones is 1. The zero-order valence-electron chi connectivity index (χ0n) is 9.45. The highest BCUT2D eigenvalue weighted by molar-refractivity contribution is 9.10. The minimum atomic E-state index is -0.187. The lowest BCUT2D eigenvalue weighted by Gasteiger charge is -2.07. The molecular weight excluding hydrogens is 284 g/mol. The van der Waals surface area contributed by atoms with Crippen molar-refractivity contribution in [2.75, 3.05) is 0 Å². The van der Waals surface area contributed by atoms with Crippen molar-refractivity contribution >= 4 is 21.7 Å². The van der Waals surface area contributed by atoms with Gasteiger partial charge in [0.2, 0.25) is 0 Å². The van der Waals surface area contributed by atoms with Gasteiger partial charge in [0.15, 0.2) is 5.78 Å². The third-order valence-electron chi connectivity index (χ3n) is 3.05. The minimum absolute atomic E-state index is 0.0454. The molecule has 1 aromatic rings. The van der Waals surface area contributed by atoms with Gasteiger partial charge in [-0.1, -0.05) is 35.2 Å². The van der Waals surface area contributed by atoms with Crippen LogP contribution in [0.2, 0.25) is 0 Å². The first kappa shape index (κ1) is 12.4. The predicted octanol–water partition coefficient (Wildman–Crippen LogP) is 3.62. The van der Waals surface area contributed by atoms with E-state index in [0.717, 1.165) is 18.8 Å². The molecule has 92 valence electrons. The second-order valence-electron chi connectivity index (χ2n) is 4.58. The van der Waals surface area contributed by atoms with E-state index in [1.165, 1.54) is 25.0 Å². The van der Waals surface area contributed by atoms with Gasteiger partial charge in [-0.15, -0.1) is 0 Å². The summed E-state index contributed by atoms with van der Waals surface area (Å²) in [6.45, 7) is 0. The van der Waals surface area contributed by atoms with Gasteiger partial charge in [-0.2, -0.15) is 0 Å². The Bertz CT molecular complexity index is 415. The van der Waals surface area contributed by atoms with Crippen molar-refractivity contribution in [3.8, 4) is 11.5 Å². The van der Waals surface area contributed by atoms with Gasteiger partial charge in [0, 0.05) is 10.9 Å². The number of benzene rings is 1. The summed E-state index contributed by atoms with van der Waals surface area (Å²) in [4.78, 5) is 11.9. The molecule has 1 aliphatic rings. The molecule has 0 radical (unpaired) electrons. The van der Waals surface area contributed by atoms with Crippen LogP contribution in [0, 0.1) is 5.92 Å². The topological polar surface area (TPSA) is 57.5 Å². The normalized spacial score (nSPS) is 14.9. The lowest BCUT2D eigenvalue weighted by Crippen LogP contribution is -2.00. The molecule has 0 atom stereocenters. The van der Waals surface area contributed by atoms with Crippen molar-refractivity contribution in [1.29, 1.82) is 0 Å². The highest BCUT2D eigenvalue weighted by Gasteiger charge is 2.22. The van der Waals surface area contributed by atoms with E-state index in [1.807, 2.05) is 0 Å². The zero-order valence-corrected chi connectivity index (χ0v) is 11.0. The molecule has 2 rings (SSSR count). The number of hydrogen-bond donors (Lipinski definition) is 2. The van der Waals surface area contributed by atoms with Crippen LogP contribution < -0.4 is 0 Å². The van der Waals surface area contributed by atoms with E-state index in [4.69, 9.17) is 0 Å². The van der Waals surface area contributed by atoms with Crippen molar-refractivity contribution in [2.24, 2.45) is 5.92 Å². The van der Waals surface area contributed by atoms with Gasteiger partial charge in [0.25, 0.3) is 0 Å². The number of carbonyl (C=O) groups excluding carboxylic acids is 1. The first-order chi connectivity index (χ1) is 8.08. The van der Waals surface area contributed by atoms with Crippen LogP contribution in [-0.4, -0.2) is 16.0 Å².